The zero-order valence-electron chi connectivity index (χ0n) is 12.0. The lowest BCUT2D eigenvalue weighted by molar-refractivity contribution is 0.267. The van der Waals surface area contributed by atoms with Gasteiger partial charge in [-0.2, -0.15) is 0 Å². The van der Waals surface area contributed by atoms with E-state index in [-0.39, 0.29) is 18.0 Å². The van der Waals surface area contributed by atoms with E-state index in [1.54, 1.807) is 0 Å². The van der Waals surface area contributed by atoms with Crippen molar-refractivity contribution in [2.45, 2.75) is 46.7 Å². The molecule has 0 saturated carbocycles. The SMILES string of the molecule is CC(C1=NC(C(C)C)CO1)C1=NC(C(C)C)CO1. The summed E-state index contributed by atoms with van der Waals surface area (Å²) in [5, 5.41) is 0. The molecule has 4 heteroatoms. The zero-order chi connectivity index (χ0) is 13.3. The van der Waals surface area contributed by atoms with E-state index < -0.39 is 0 Å². The van der Waals surface area contributed by atoms with Crippen molar-refractivity contribution in [3.63, 3.8) is 0 Å². The molecule has 4 nitrogen and oxygen atoms in total. The fourth-order valence-corrected chi connectivity index (χ4v) is 2.08. The van der Waals surface area contributed by atoms with Crippen molar-refractivity contribution in [1.82, 2.24) is 0 Å². The third-order valence-corrected chi connectivity index (χ3v) is 3.67. The highest BCUT2D eigenvalue weighted by atomic mass is 16.5. The van der Waals surface area contributed by atoms with Gasteiger partial charge in [0, 0.05) is 0 Å². The van der Waals surface area contributed by atoms with E-state index in [4.69, 9.17) is 9.47 Å². The first-order valence-corrected chi connectivity index (χ1v) is 6.90. The molecule has 0 spiro atoms. The number of rotatable bonds is 4. The van der Waals surface area contributed by atoms with Crippen LogP contribution in [0.5, 0.6) is 0 Å². The molecule has 18 heavy (non-hydrogen) atoms. The molecule has 102 valence electrons. The van der Waals surface area contributed by atoms with E-state index in [0.717, 1.165) is 11.8 Å². The number of ether oxygens (including phenoxy) is 2. The minimum Gasteiger partial charge on any atom is -0.478 e. The number of aliphatic imine (C=N–C) groups is 2. The van der Waals surface area contributed by atoms with Crippen LogP contribution in [0.2, 0.25) is 0 Å². The maximum atomic E-state index is 5.69. The summed E-state index contributed by atoms with van der Waals surface area (Å²) in [7, 11) is 0. The second-order valence-electron chi connectivity index (χ2n) is 5.90. The Hall–Kier alpha value is -1.06. The molecule has 0 aromatic rings. The molecule has 2 aliphatic rings. The second-order valence-corrected chi connectivity index (χ2v) is 5.90. The lowest BCUT2D eigenvalue weighted by Gasteiger charge is -2.10. The highest BCUT2D eigenvalue weighted by Crippen LogP contribution is 2.22. The van der Waals surface area contributed by atoms with E-state index in [1.165, 1.54) is 0 Å². The molecule has 0 aliphatic carbocycles. The summed E-state index contributed by atoms with van der Waals surface area (Å²) in [6.07, 6.45) is 0. The van der Waals surface area contributed by atoms with Gasteiger partial charge in [-0.25, -0.2) is 9.98 Å². The Labute approximate surface area is 109 Å². The Kier molecular flexibility index (Phi) is 3.93. The molecule has 2 atom stereocenters. The Morgan fingerprint density at radius 3 is 1.50 bits per heavy atom. The topological polar surface area (TPSA) is 43.2 Å². The molecule has 2 heterocycles. The van der Waals surface area contributed by atoms with Gasteiger partial charge in [0.15, 0.2) is 11.8 Å². The highest BCUT2D eigenvalue weighted by Gasteiger charge is 2.32. The van der Waals surface area contributed by atoms with E-state index in [9.17, 15) is 0 Å². The summed E-state index contributed by atoms with van der Waals surface area (Å²) >= 11 is 0. The number of nitrogens with zero attached hydrogens (tertiary/aromatic N) is 2. The Balaban J connectivity index is 2.03. The van der Waals surface area contributed by atoms with Crippen LogP contribution in [0.15, 0.2) is 9.98 Å². The quantitative estimate of drug-likeness (QED) is 0.771. The van der Waals surface area contributed by atoms with Crippen LogP contribution in [0.25, 0.3) is 0 Å². The van der Waals surface area contributed by atoms with Crippen molar-refractivity contribution in [3.05, 3.63) is 0 Å². The molecule has 0 aromatic carbocycles. The van der Waals surface area contributed by atoms with Gasteiger partial charge in [0.1, 0.15) is 19.1 Å². The third kappa shape index (κ3) is 2.68. The molecule has 0 saturated heterocycles. The molecule has 2 aliphatic heterocycles. The predicted octanol–water partition coefficient (Wildman–Crippen LogP) is 2.53. The highest BCUT2D eigenvalue weighted by molar-refractivity contribution is 6.01. The first kappa shape index (κ1) is 13.4. The van der Waals surface area contributed by atoms with Crippen LogP contribution in [0.1, 0.15) is 34.6 Å². The minimum atomic E-state index is 0.0532. The monoisotopic (exact) mass is 252 g/mol. The first-order chi connectivity index (χ1) is 8.49. The Morgan fingerprint density at radius 1 is 0.833 bits per heavy atom. The van der Waals surface area contributed by atoms with Crippen LogP contribution in [0.4, 0.5) is 0 Å². The van der Waals surface area contributed by atoms with Gasteiger partial charge in [-0.05, 0) is 18.8 Å². The normalized spacial score (nSPS) is 29.1. The zero-order valence-corrected chi connectivity index (χ0v) is 12.0. The number of hydrogen-bond acceptors (Lipinski definition) is 4. The summed E-state index contributed by atoms with van der Waals surface area (Å²) in [6.45, 7) is 12.1. The summed E-state index contributed by atoms with van der Waals surface area (Å²) in [5.41, 5.74) is 0. The van der Waals surface area contributed by atoms with Crippen LogP contribution >= 0.6 is 0 Å². The molecule has 0 aromatic heterocycles. The maximum absolute atomic E-state index is 5.69. The standard InChI is InChI=1S/C14H24N2O2/c1-8(2)11-6-17-13(15-11)10(5)14-16-12(7-18-14)9(3)4/h8-12H,6-7H2,1-5H3. The summed E-state index contributed by atoms with van der Waals surface area (Å²) in [5.74, 6) is 2.67. The lowest BCUT2D eigenvalue weighted by atomic mass is 10.1. The van der Waals surface area contributed by atoms with Crippen LogP contribution in [0.3, 0.4) is 0 Å². The third-order valence-electron chi connectivity index (χ3n) is 3.67. The summed E-state index contributed by atoms with van der Waals surface area (Å²) in [4.78, 5) is 9.27. The summed E-state index contributed by atoms with van der Waals surface area (Å²) in [6, 6.07) is 0.565. The van der Waals surface area contributed by atoms with Gasteiger partial charge >= 0.3 is 0 Å². The molecule has 0 N–H and O–H groups in total. The van der Waals surface area contributed by atoms with E-state index in [0.29, 0.717) is 25.0 Å². The van der Waals surface area contributed by atoms with Crippen LogP contribution in [-0.4, -0.2) is 37.1 Å². The van der Waals surface area contributed by atoms with E-state index in [1.807, 2.05) is 0 Å². The Bertz CT molecular complexity index is 327. The van der Waals surface area contributed by atoms with Crippen molar-refractivity contribution in [1.29, 1.82) is 0 Å². The molecule has 0 radical (unpaired) electrons. The van der Waals surface area contributed by atoms with Gasteiger partial charge < -0.3 is 9.47 Å². The lowest BCUT2D eigenvalue weighted by Crippen LogP contribution is -2.21. The second kappa shape index (κ2) is 5.29. The predicted molar refractivity (Wildman–Crippen MR) is 73.2 cm³/mol. The molecular weight excluding hydrogens is 228 g/mol. The van der Waals surface area contributed by atoms with Gasteiger partial charge in [-0.1, -0.05) is 27.7 Å². The van der Waals surface area contributed by atoms with Crippen molar-refractivity contribution >= 4 is 11.8 Å². The fraction of sp³-hybridized carbons (Fsp3) is 0.857. The van der Waals surface area contributed by atoms with Crippen molar-refractivity contribution < 1.29 is 9.47 Å². The molecule has 0 bridgehead atoms. The van der Waals surface area contributed by atoms with Crippen molar-refractivity contribution in [3.8, 4) is 0 Å². The molecule has 0 amide bonds. The van der Waals surface area contributed by atoms with E-state index in [2.05, 4.69) is 44.6 Å². The van der Waals surface area contributed by atoms with Crippen LogP contribution in [0, 0.1) is 17.8 Å². The Morgan fingerprint density at radius 2 is 1.22 bits per heavy atom. The van der Waals surface area contributed by atoms with Crippen LogP contribution in [-0.2, 0) is 9.47 Å². The molecule has 0 fully saturated rings. The van der Waals surface area contributed by atoms with Gasteiger partial charge in [-0.15, -0.1) is 0 Å². The van der Waals surface area contributed by atoms with Crippen LogP contribution < -0.4 is 0 Å². The van der Waals surface area contributed by atoms with Gasteiger partial charge in [0.25, 0.3) is 0 Å². The molecule has 2 rings (SSSR count). The smallest absolute Gasteiger partial charge is 0.196 e. The van der Waals surface area contributed by atoms with Gasteiger partial charge in [-0.3, -0.25) is 0 Å². The van der Waals surface area contributed by atoms with Crippen molar-refractivity contribution in [2.24, 2.45) is 27.7 Å². The average Bonchev–Trinajstić information content (AvgIpc) is 2.97. The maximum Gasteiger partial charge on any atom is 0.196 e. The average molecular weight is 252 g/mol. The summed E-state index contributed by atoms with van der Waals surface area (Å²) < 4.78 is 11.4. The minimum absolute atomic E-state index is 0.0532. The van der Waals surface area contributed by atoms with Gasteiger partial charge in [0.2, 0.25) is 0 Å². The van der Waals surface area contributed by atoms with Crippen molar-refractivity contribution in [2.75, 3.05) is 13.2 Å². The first-order valence-electron chi connectivity index (χ1n) is 6.90. The van der Waals surface area contributed by atoms with E-state index >= 15 is 0 Å². The molecule has 2 unspecified atom stereocenters. The van der Waals surface area contributed by atoms with Gasteiger partial charge in [0.05, 0.1) is 12.1 Å². The largest absolute Gasteiger partial charge is 0.478 e. The number of hydrogen-bond donors (Lipinski definition) is 0. The molecular formula is C14H24N2O2. The fourth-order valence-electron chi connectivity index (χ4n) is 2.08.